The molecular weight excluding hydrogens is 340 g/mol. The number of likely N-dealkylation sites (tertiary alicyclic amines) is 1. The molecule has 2 bridgehead atoms. The number of ether oxygens (including phenoxy) is 2. The van der Waals surface area contributed by atoms with E-state index in [4.69, 9.17) is 9.47 Å². The van der Waals surface area contributed by atoms with Crippen LogP contribution in [0.25, 0.3) is 0 Å². The van der Waals surface area contributed by atoms with Crippen LogP contribution >= 0.6 is 0 Å². The highest BCUT2D eigenvalue weighted by Gasteiger charge is 2.43. The maximum Gasteiger partial charge on any atom is 0.410 e. The van der Waals surface area contributed by atoms with E-state index in [2.05, 4.69) is 24.4 Å². The lowest BCUT2D eigenvalue weighted by Gasteiger charge is -2.39. The molecule has 1 N–H and O–H groups in total. The molecule has 27 heavy (non-hydrogen) atoms. The maximum absolute atomic E-state index is 12.4. The van der Waals surface area contributed by atoms with E-state index in [1.807, 2.05) is 31.7 Å². The van der Waals surface area contributed by atoms with Crippen molar-refractivity contribution in [2.45, 2.75) is 65.1 Å². The number of carbonyl (C=O) groups is 1. The summed E-state index contributed by atoms with van der Waals surface area (Å²) in [6.45, 7) is 10.4. The van der Waals surface area contributed by atoms with Crippen molar-refractivity contribution in [2.24, 2.45) is 11.8 Å². The molecule has 150 valence electrons. The summed E-state index contributed by atoms with van der Waals surface area (Å²) in [4.78, 5) is 14.3. The van der Waals surface area contributed by atoms with Gasteiger partial charge in [-0.15, -0.1) is 0 Å². The lowest BCUT2D eigenvalue weighted by atomic mass is 9.92. The third-order valence-electron chi connectivity index (χ3n) is 5.81. The first-order chi connectivity index (χ1) is 12.8. The van der Waals surface area contributed by atoms with Gasteiger partial charge in [-0.25, -0.2) is 4.79 Å². The second kappa shape index (κ2) is 8.09. The lowest BCUT2D eigenvalue weighted by Crippen LogP contribution is -2.53. The smallest absolute Gasteiger partial charge is 0.410 e. The van der Waals surface area contributed by atoms with Crippen LogP contribution in [-0.2, 0) is 17.7 Å². The van der Waals surface area contributed by atoms with Crippen LogP contribution in [0.1, 0.15) is 51.7 Å². The molecule has 2 aliphatic rings. The largest absolute Gasteiger partial charge is 0.497 e. The molecule has 2 fully saturated rings. The van der Waals surface area contributed by atoms with Gasteiger partial charge in [0.25, 0.3) is 0 Å². The zero-order valence-electron chi connectivity index (χ0n) is 17.4. The summed E-state index contributed by atoms with van der Waals surface area (Å²) in [6, 6.07) is 6.82. The van der Waals surface area contributed by atoms with Gasteiger partial charge in [0, 0.05) is 25.7 Å². The summed E-state index contributed by atoms with van der Waals surface area (Å²) in [6.07, 6.45) is 3.20. The molecule has 5 nitrogen and oxygen atoms in total. The first-order valence-electron chi connectivity index (χ1n) is 10.2. The Morgan fingerprint density at radius 1 is 1.19 bits per heavy atom. The van der Waals surface area contributed by atoms with Crippen molar-refractivity contribution in [1.29, 1.82) is 0 Å². The fraction of sp³-hybridized carbons (Fsp3) is 0.682. The third-order valence-corrected chi connectivity index (χ3v) is 5.81. The van der Waals surface area contributed by atoms with Gasteiger partial charge in [0.05, 0.1) is 7.11 Å². The van der Waals surface area contributed by atoms with Crippen LogP contribution in [0.4, 0.5) is 4.79 Å². The molecule has 2 atom stereocenters. The zero-order valence-corrected chi connectivity index (χ0v) is 17.4. The topological polar surface area (TPSA) is 50.8 Å². The van der Waals surface area contributed by atoms with Crippen molar-refractivity contribution in [1.82, 2.24) is 10.2 Å². The van der Waals surface area contributed by atoms with Crippen LogP contribution < -0.4 is 10.1 Å². The number of rotatable bonds is 5. The molecule has 0 spiro atoms. The highest BCUT2D eigenvalue weighted by Crippen LogP contribution is 2.37. The number of hydrogen-bond acceptors (Lipinski definition) is 4. The van der Waals surface area contributed by atoms with Gasteiger partial charge in [-0.3, -0.25) is 0 Å². The molecule has 0 radical (unpaired) electrons. The highest BCUT2D eigenvalue weighted by atomic mass is 16.6. The van der Waals surface area contributed by atoms with E-state index >= 15 is 0 Å². The number of nitrogens with zero attached hydrogens (tertiary/aromatic N) is 1. The number of amides is 1. The van der Waals surface area contributed by atoms with Gasteiger partial charge in [0.1, 0.15) is 11.4 Å². The quantitative estimate of drug-likeness (QED) is 0.847. The van der Waals surface area contributed by atoms with E-state index in [0.717, 1.165) is 31.8 Å². The molecular formula is C22H34N2O3. The first-order valence-corrected chi connectivity index (χ1v) is 10.2. The van der Waals surface area contributed by atoms with Crippen LogP contribution in [0.5, 0.6) is 5.75 Å². The summed E-state index contributed by atoms with van der Waals surface area (Å²) in [5.74, 6) is 1.94. The minimum atomic E-state index is -0.434. The molecule has 0 aromatic heterocycles. The SMILES string of the molecule is CCc1cc(OC)ccc1CNC1C2CCC1CN(C(=O)OC(C)(C)C)C2. The number of benzene rings is 1. The summed E-state index contributed by atoms with van der Waals surface area (Å²) < 4.78 is 10.9. The molecule has 1 aliphatic heterocycles. The van der Waals surface area contributed by atoms with Crippen molar-refractivity contribution < 1.29 is 14.3 Å². The molecule has 1 aromatic carbocycles. The van der Waals surface area contributed by atoms with E-state index in [0.29, 0.717) is 17.9 Å². The van der Waals surface area contributed by atoms with Gasteiger partial charge in [-0.05, 0) is 75.1 Å². The van der Waals surface area contributed by atoms with Crippen molar-refractivity contribution in [3.63, 3.8) is 0 Å². The second-order valence-electron chi connectivity index (χ2n) is 8.88. The molecule has 3 rings (SSSR count). The molecule has 1 amide bonds. The normalized spacial score (nSPS) is 24.8. The molecule has 1 aliphatic carbocycles. The lowest BCUT2D eigenvalue weighted by molar-refractivity contribution is 0.0114. The number of fused-ring (bicyclic) bond motifs is 2. The molecule has 1 saturated heterocycles. The minimum absolute atomic E-state index is 0.165. The third kappa shape index (κ3) is 4.75. The Bertz CT molecular complexity index is 654. The van der Waals surface area contributed by atoms with E-state index in [-0.39, 0.29) is 6.09 Å². The molecule has 1 saturated carbocycles. The van der Waals surface area contributed by atoms with E-state index in [1.54, 1.807) is 7.11 Å². The average molecular weight is 375 g/mol. The average Bonchev–Trinajstić information content (AvgIpc) is 2.85. The summed E-state index contributed by atoms with van der Waals surface area (Å²) in [7, 11) is 1.71. The van der Waals surface area contributed by atoms with E-state index in [1.165, 1.54) is 24.0 Å². The maximum atomic E-state index is 12.4. The number of carbonyl (C=O) groups excluding carboxylic acids is 1. The van der Waals surface area contributed by atoms with Crippen molar-refractivity contribution in [2.75, 3.05) is 20.2 Å². The Balaban J connectivity index is 1.60. The number of methoxy groups -OCH3 is 1. The minimum Gasteiger partial charge on any atom is -0.497 e. The molecule has 1 heterocycles. The van der Waals surface area contributed by atoms with Gasteiger partial charge in [0.2, 0.25) is 0 Å². The van der Waals surface area contributed by atoms with Gasteiger partial charge in [-0.2, -0.15) is 0 Å². The Hall–Kier alpha value is -1.75. The van der Waals surface area contributed by atoms with Crippen molar-refractivity contribution in [3.8, 4) is 5.75 Å². The van der Waals surface area contributed by atoms with Crippen molar-refractivity contribution in [3.05, 3.63) is 29.3 Å². The Morgan fingerprint density at radius 2 is 1.85 bits per heavy atom. The monoisotopic (exact) mass is 374 g/mol. The van der Waals surface area contributed by atoms with Crippen LogP contribution in [-0.4, -0.2) is 42.8 Å². The Labute approximate surface area is 163 Å². The molecule has 1 aromatic rings. The zero-order chi connectivity index (χ0) is 19.6. The summed E-state index contributed by atoms with van der Waals surface area (Å²) in [5.41, 5.74) is 2.24. The fourth-order valence-electron chi connectivity index (χ4n) is 4.49. The number of nitrogens with one attached hydrogen (secondary N) is 1. The number of hydrogen-bond donors (Lipinski definition) is 1. The summed E-state index contributed by atoms with van der Waals surface area (Å²) in [5, 5.41) is 3.80. The van der Waals surface area contributed by atoms with Crippen LogP contribution in [0, 0.1) is 11.8 Å². The van der Waals surface area contributed by atoms with Crippen LogP contribution in [0.2, 0.25) is 0 Å². The number of aryl methyl sites for hydroxylation is 1. The molecule has 2 unspecified atom stereocenters. The predicted octanol–water partition coefficient (Wildman–Crippen LogP) is 3.99. The highest BCUT2D eigenvalue weighted by molar-refractivity contribution is 5.68. The first kappa shape index (κ1) is 20.0. The van der Waals surface area contributed by atoms with Crippen molar-refractivity contribution >= 4 is 6.09 Å². The van der Waals surface area contributed by atoms with E-state index in [9.17, 15) is 4.79 Å². The Morgan fingerprint density at radius 3 is 2.41 bits per heavy atom. The number of piperidine rings is 1. The van der Waals surface area contributed by atoms with Gasteiger partial charge < -0.3 is 19.7 Å². The Kier molecular flexibility index (Phi) is 5.99. The summed E-state index contributed by atoms with van der Waals surface area (Å²) >= 11 is 0. The second-order valence-corrected chi connectivity index (χ2v) is 8.88. The fourth-order valence-corrected chi connectivity index (χ4v) is 4.49. The molecule has 5 heteroatoms. The van der Waals surface area contributed by atoms with Crippen LogP contribution in [0.3, 0.4) is 0 Å². The van der Waals surface area contributed by atoms with Gasteiger partial charge in [-0.1, -0.05) is 13.0 Å². The predicted molar refractivity (Wildman–Crippen MR) is 107 cm³/mol. The van der Waals surface area contributed by atoms with Crippen LogP contribution in [0.15, 0.2) is 18.2 Å². The van der Waals surface area contributed by atoms with E-state index < -0.39 is 5.60 Å². The standard InChI is InChI=1S/C22H34N2O3/c1-6-15-11-19(26-5)10-9-16(15)12-23-20-17-7-8-18(20)14-24(13-17)21(25)27-22(2,3)4/h9-11,17-18,20,23H,6-8,12-14H2,1-5H3. The van der Waals surface area contributed by atoms with Gasteiger partial charge in [0.15, 0.2) is 0 Å². The van der Waals surface area contributed by atoms with Gasteiger partial charge >= 0.3 is 6.09 Å².